The van der Waals surface area contributed by atoms with Crippen LogP contribution in [0.3, 0.4) is 0 Å². The Balaban J connectivity index is 1.68. The lowest BCUT2D eigenvalue weighted by Gasteiger charge is -2.32. The minimum atomic E-state index is -0.583. The molecule has 2 heterocycles. The Morgan fingerprint density at radius 3 is 2.76 bits per heavy atom. The fraction of sp³-hybridized carbons (Fsp3) is 0.471. The second-order valence-electron chi connectivity index (χ2n) is 6.16. The van der Waals surface area contributed by atoms with Crippen molar-refractivity contribution < 1.29 is 9.53 Å². The standard InChI is InChI=1S/C17H22N4O4/c1-12(20-6-8-25-9-7-20)10-18-15(22)11-21-14-5-3-2-4-13(14)16(23)19-17(21)24/h2-5,12H,6-11H2,1H3,(H,18,22)(H,19,23,24)/t12-/m1/s1. The number of ether oxygens (including phenoxy) is 1. The van der Waals surface area contributed by atoms with E-state index >= 15 is 0 Å². The molecule has 0 unspecified atom stereocenters. The Morgan fingerprint density at radius 2 is 2.00 bits per heavy atom. The smallest absolute Gasteiger partial charge is 0.329 e. The SMILES string of the molecule is C[C@H](CNC(=O)Cn1c(=O)[nH]c(=O)c2ccccc21)N1CCOCC1. The van der Waals surface area contributed by atoms with E-state index in [9.17, 15) is 14.4 Å². The number of amides is 1. The molecule has 0 spiro atoms. The van der Waals surface area contributed by atoms with E-state index in [2.05, 4.69) is 15.2 Å². The molecule has 1 aliphatic rings. The minimum absolute atomic E-state index is 0.133. The Labute approximate surface area is 144 Å². The number of benzene rings is 1. The number of carbonyl (C=O) groups excluding carboxylic acids is 1. The monoisotopic (exact) mass is 346 g/mol. The van der Waals surface area contributed by atoms with Crippen molar-refractivity contribution in [1.29, 1.82) is 0 Å². The Morgan fingerprint density at radius 1 is 1.28 bits per heavy atom. The van der Waals surface area contributed by atoms with Gasteiger partial charge in [0.15, 0.2) is 0 Å². The number of aromatic amines is 1. The van der Waals surface area contributed by atoms with E-state index in [1.807, 2.05) is 6.92 Å². The summed E-state index contributed by atoms with van der Waals surface area (Å²) in [6.07, 6.45) is 0. The van der Waals surface area contributed by atoms with Gasteiger partial charge in [-0.15, -0.1) is 0 Å². The van der Waals surface area contributed by atoms with Gasteiger partial charge in [-0.1, -0.05) is 12.1 Å². The van der Waals surface area contributed by atoms with Gasteiger partial charge < -0.3 is 10.1 Å². The van der Waals surface area contributed by atoms with Gasteiger partial charge in [0.1, 0.15) is 6.54 Å². The van der Waals surface area contributed by atoms with E-state index in [1.165, 1.54) is 4.57 Å². The number of nitrogens with zero attached hydrogens (tertiary/aromatic N) is 2. The maximum atomic E-state index is 12.3. The molecule has 25 heavy (non-hydrogen) atoms. The molecular weight excluding hydrogens is 324 g/mol. The molecule has 1 fully saturated rings. The average molecular weight is 346 g/mol. The summed E-state index contributed by atoms with van der Waals surface area (Å²) in [7, 11) is 0. The van der Waals surface area contributed by atoms with Gasteiger partial charge in [0, 0.05) is 25.7 Å². The van der Waals surface area contributed by atoms with E-state index in [0.29, 0.717) is 30.7 Å². The lowest BCUT2D eigenvalue weighted by molar-refractivity contribution is -0.122. The van der Waals surface area contributed by atoms with Crippen LogP contribution in [0.15, 0.2) is 33.9 Å². The van der Waals surface area contributed by atoms with Gasteiger partial charge in [0.05, 0.1) is 24.1 Å². The van der Waals surface area contributed by atoms with E-state index in [1.54, 1.807) is 24.3 Å². The molecule has 2 aromatic rings. The minimum Gasteiger partial charge on any atom is -0.379 e. The Hall–Kier alpha value is -2.45. The van der Waals surface area contributed by atoms with Crippen molar-refractivity contribution in [3.8, 4) is 0 Å². The van der Waals surface area contributed by atoms with Crippen LogP contribution in [0.4, 0.5) is 0 Å². The molecule has 0 saturated carbocycles. The predicted molar refractivity (Wildman–Crippen MR) is 93.7 cm³/mol. The second-order valence-corrected chi connectivity index (χ2v) is 6.16. The maximum Gasteiger partial charge on any atom is 0.329 e. The summed E-state index contributed by atoms with van der Waals surface area (Å²) in [6, 6.07) is 6.93. The Kier molecular flexibility index (Phi) is 5.30. The highest BCUT2D eigenvalue weighted by molar-refractivity contribution is 5.81. The third-order valence-corrected chi connectivity index (χ3v) is 4.47. The van der Waals surface area contributed by atoms with Gasteiger partial charge in [-0.3, -0.25) is 24.0 Å². The molecule has 0 bridgehead atoms. The summed E-state index contributed by atoms with van der Waals surface area (Å²) in [5.41, 5.74) is -0.578. The highest BCUT2D eigenvalue weighted by atomic mass is 16.5. The van der Waals surface area contributed by atoms with Crippen LogP contribution in [-0.2, 0) is 16.1 Å². The molecule has 1 aliphatic heterocycles. The van der Waals surface area contributed by atoms with Crippen LogP contribution in [-0.4, -0.2) is 59.2 Å². The normalized spacial score (nSPS) is 16.7. The van der Waals surface area contributed by atoms with Gasteiger partial charge in [0.25, 0.3) is 5.56 Å². The summed E-state index contributed by atoms with van der Waals surface area (Å²) in [6.45, 7) is 5.52. The molecule has 0 radical (unpaired) electrons. The fourth-order valence-electron chi connectivity index (χ4n) is 3.01. The van der Waals surface area contributed by atoms with E-state index in [4.69, 9.17) is 4.74 Å². The number of carbonyl (C=O) groups is 1. The molecule has 1 amide bonds. The van der Waals surface area contributed by atoms with Crippen molar-refractivity contribution in [2.75, 3.05) is 32.8 Å². The largest absolute Gasteiger partial charge is 0.379 e. The number of fused-ring (bicyclic) bond motifs is 1. The van der Waals surface area contributed by atoms with E-state index in [0.717, 1.165) is 13.1 Å². The highest BCUT2D eigenvalue weighted by Crippen LogP contribution is 2.06. The van der Waals surface area contributed by atoms with Crippen molar-refractivity contribution in [1.82, 2.24) is 19.8 Å². The van der Waals surface area contributed by atoms with Crippen molar-refractivity contribution in [3.05, 3.63) is 45.1 Å². The van der Waals surface area contributed by atoms with Crippen LogP contribution in [0, 0.1) is 0 Å². The van der Waals surface area contributed by atoms with Crippen molar-refractivity contribution in [2.45, 2.75) is 19.5 Å². The van der Waals surface area contributed by atoms with Crippen LogP contribution < -0.4 is 16.6 Å². The molecule has 1 aromatic heterocycles. The van der Waals surface area contributed by atoms with E-state index in [-0.39, 0.29) is 18.5 Å². The predicted octanol–water partition coefficient (Wildman–Crippen LogP) is -0.473. The zero-order chi connectivity index (χ0) is 17.8. The summed E-state index contributed by atoms with van der Waals surface area (Å²) >= 11 is 0. The first-order valence-electron chi connectivity index (χ1n) is 8.36. The van der Waals surface area contributed by atoms with Crippen molar-refractivity contribution >= 4 is 16.8 Å². The van der Waals surface area contributed by atoms with Crippen molar-refractivity contribution in [2.24, 2.45) is 0 Å². The number of morpholine rings is 1. The zero-order valence-electron chi connectivity index (χ0n) is 14.2. The van der Waals surface area contributed by atoms with Gasteiger partial charge in [-0.05, 0) is 19.1 Å². The molecular formula is C17H22N4O4. The van der Waals surface area contributed by atoms with Crippen LogP contribution in [0.2, 0.25) is 0 Å². The molecule has 134 valence electrons. The first-order chi connectivity index (χ1) is 12.1. The first kappa shape index (κ1) is 17.4. The molecule has 8 nitrogen and oxygen atoms in total. The van der Waals surface area contributed by atoms with Crippen LogP contribution in [0.5, 0.6) is 0 Å². The summed E-state index contributed by atoms with van der Waals surface area (Å²) in [5.74, 6) is -0.264. The third-order valence-electron chi connectivity index (χ3n) is 4.47. The Bertz CT molecular complexity index is 867. The van der Waals surface area contributed by atoms with Gasteiger partial charge in [-0.2, -0.15) is 0 Å². The number of rotatable bonds is 5. The lowest BCUT2D eigenvalue weighted by atomic mass is 10.2. The van der Waals surface area contributed by atoms with Gasteiger partial charge in [0.2, 0.25) is 5.91 Å². The molecule has 3 rings (SSSR count). The topological polar surface area (TPSA) is 96.4 Å². The quantitative estimate of drug-likeness (QED) is 0.763. The van der Waals surface area contributed by atoms with E-state index < -0.39 is 11.2 Å². The van der Waals surface area contributed by atoms with Crippen LogP contribution in [0.1, 0.15) is 6.92 Å². The number of nitrogens with one attached hydrogen (secondary N) is 2. The zero-order valence-corrected chi connectivity index (χ0v) is 14.2. The molecule has 0 aliphatic carbocycles. The molecule has 1 aromatic carbocycles. The number of aromatic nitrogens is 2. The fourth-order valence-corrected chi connectivity index (χ4v) is 3.01. The molecule has 1 atom stereocenters. The highest BCUT2D eigenvalue weighted by Gasteiger charge is 2.18. The van der Waals surface area contributed by atoms with Crippen molar-refractivity contribution in [3.63, 3.8) is 0 Å². The average Bonchev–Trinajstić information content (AvgIpc) is 2.64. The van der Waals surface area contributed by atoms with Gasteiger partial charge in [-0.25, -0.2) is 4.79 Å². The summed E-state index contributed by atoms with van der Waals surface area (Å²) in [4.78, 5) is 40.7. The van der Waals surface area contributed by atoms with Gasteiger partial charge >= 0.3 is 5.69 Å². The first-order valence-corrected chi connectivity index (χ1v) is 8.36. The van der Waals surface area contributed by atoms with Crippen LogP contribution >= 0.6 is 0 Å². The maximum absolute atomic E-state index is 12.3. The number of hydrogen-bond donors (Lipinski definition) is 2. The number of para-hydroxylation sites is 1. The third kappa shape index (κ3) is 3.97. The number of hydrogen-bond acceptors (Lipinski definition) is 5. The lowest BCUT2D eigenvalue weighted by Crippen LogP contribution is -2.48. The van der Waals surface area contributed by atoms with Crippen LogP contribution in [0.25, 0.3) is 10.9 Å². The molecule has 2 N–H and O–H groups in total. The summed E-state index contributed by atoms with van der Waals surface area (Å²) < 4.78 is 6.61. The molecule has 8 heteroatoms. The summed E-state index contributed by atoms with van der Waals surface area (Å²) in [5, 5.41) is 3.25. The molecule has 1 saturated heterocycles. The number of H-pyrrole nitrogens is 1. The second kappa shape index (κ2) is 7.62.